The zero-order valence-corrected chi connectivity index (χ0v) is 22.8. The summed E-state index contributed by atoms with van der Waals surface area (Å²) >= 11 is 7.68. The Kier molecular flexibility index (Phi) is 8.71. The van der Waals surface area contributed by atoms with Crippen LogP contribution in [-0.4, -0.2) is 69.6 Å². The number of carbonyl (C=O) groups excluding carboxylic acids is 3. The number of aliphatic hydroxyl groups is 1. The number of fused-ring (bicyclic) bond motifs is 1. The molecular formula is C28H35ClN2O5S. The Bertz CT molecular complexity index is 1050. The molecule has 4 rings (SSSR count). The highest BCUT2D eigenvalue weighted by molar-refractivity contribution is 8.02. The van der Waals surface area contributed by atoms with E-state index in [1.165, 1.54) is 0 Å². The lowest BCUT2D eigenvalue weighted by atomic mass is 9.71. The van der Waals surface area contributed by atoms with Gasteiger partial charge in [-0.15, -0.1) is 24.9 Å². The van der Waals surface area contributed by atoms with Gasteiger partial charge in [0.15, 0.2) is 0 Å². The number of hydrogen-bond donors (Lipinski definition) is 1. The van der Waals surface area contributed by atoms with Gasteiger partial charge in [0, 0.05) is 22.5 Å². The minimum atomic E-state index is -0.814. The number of esters is 1. The number of ether oxygens (including phenoxy) is 1. The lowest BCUT2D eigenvalue weighted by Crippen LogP contribution is -2.57. The number of nitrogens with zero attached hydrogens (tertiary/aromatic N) is 2. The molecule has 1 aromatic carbocycles. The van der Waals surface area contributed by atoms with E-state index in [2.05, 4.69) is 13.2 Å². The lowest BCUT2D eigenvalue weighted by Gasteiger charge is -2.39. The number of halogens is 1. The van der Waals surface area contributed by atoms with Crippen LogP contribution in [-0.2, 0) is 19.1 Å². The van der Waals surface area contributed by atoms with Gasteiger partial charge in [0.1, 0.15) is 6.04 Å². The predicted octanol–water partition coefficient (Wildman–Crippen LogP) is 4.23. The third-order valence-electron chi connectivity index (χ3n) is 7.83. The SMILES string of the molecule is C=CCCCOC(=O)[C@@H]1[C@H]2C(=O)N([C@@H](CC)CO)C(C(=O)N(CC=C)c3ccc(Cl)cc3)C23CC[C@H]1S3. The molecule has 0 aromatic heterocycles. The zero-order chi connectivity index (χ0) is 26.7. The predicted molar refractivity (Wildman–Crippen MR) is 147 cm³/mol. The van der Waals surface area contributed by atoms with E-state index in [0.717, 1.165) is 12.8 Å². The van der Waals surface area contributed by atoms with E-state index in [4.69, 9.17) is 16.3 Å². The van der Waals surface area contributed by atoms with Crippen LogP contribution in [0.25, 0.3) is 0 Å². The standard InChI is InChI=1S/C28H35ClN2O5S/c1-4-7-8-16-36-27(35)22-21-13-14-28(37-21)23(22)25(33)31(19(6-3)17-32)24(28)26(34)30(15-5-2)20-11-9-18(29)10-12-20/h4-5,9-12,19,21-24,32H,1-2,6-8,13-17H2,3H3/t19-,21+,22-,23-,24?,28?/m0/s1. The maximum atomic E-state index is 14.4. The summed E-state index contributed by atoms with van der Waals surface area (Å²) < 4.78 is 4.85. The van der Waals surface area contributed by atoms with Crippen molar-refractivity contribution < 1.29 is 24.2 Å². The second-order valence-electron chi connectivity index (χ2n) is 9.86. The normalized spacial score (nSPS) is 28.6. The first-order chi connectivity index (χ1) is 17.8. The molecule has 1 aromatic rings. The Morgan fingerprint density at radius 1 is 1.32 bits per heavy atom. The van der Waals surface area contributed by atoms with Gasteiger partial charge in [0.25, 0.3) is 5.91 Å². The van der Waals surface area contributed by atoms with Gasteiger partial charge in [-0.05, 0) is 56.4 Å². The van der Waals surface area contributed by atoms with Crippen LogP contribution < -0.4 is 4.90 Å². The molecule has 200 valence electrons. The van der Waals surface area contributed by atoms with E-state index in [0.29, 0.717) is 30.0 Å². The number of rotatable bonds is 12. The first-order valence-electron chi connectivity index (χ1n) is 12.9. The van der Waals surface area contributed by atoms with Crippen LogP contribution in [0.2, 0.25) is 5.02 Å². The second kappa shape index (κ2) is 11.6. The topological polar surface area (TPSA) is 87.1 Å². The molecule has 3 saturated heterocycles. The quantitative estimate of drug-likeness (QED) is 0.240. The molecule has 2 bridgehead atoms. The van der Waals surface area contributed by atoms with Crippen molar-refractivity contribution in [2.24, 2.45) is 11.8 Å². The summed E-state index contributed by atoms with van der Waals surface area (Å²) in [4.78, 5) is 44.9. The Morgan fingerprint density at radius 2 is 2.05 bits per heavy atom. The fourth-order valence-corrected chi connectivity index (χ4v) is 8.48. The number of benzene rings is 1. The molecule has 2 unspecified atom stereocenters. The number of unbranched alkanes of at least 4 members (excludes halogenated alkanes) is 1. The van der Waals surface area contributed by atoms with Gasteiger partial charge in [0.05, 0.1) is 35.8 Å². The monoisotopic (exact) mass is 546 g/mol. The molecule has 7 nitrogen and oxygen atoms in total. The van der Waals surface area contributed by atoms with E-state index in [1.807, 2.05) is 6.92 Å². The van der Waals surface area contributed by atoms with Crippen molar-refractivity contribution >= 4 is 46.8 Å². The van der Waals surface area contributed by atoms with Crippen LogP contribution in [0.4, 0.5) is 5.69 Å². The van der Waals surface area contributed by atoms with Gasteiger partial charge in [-0.2, -0.15) is 0 Å². The maximum absolute atomic E-state index is 14.4. The Morgan fingerprint density at radius 3 is 2.68 bits per heavy atom. The van der Waals surface area contributed by atoms with Crippen LogP contribution in [0, 0.1) is 11.8 Å². The van der Waals surface area contributed by atoms with Gasteiger partial charge >= 0.3 is 5.97 Å². The summed E-state index contributed by atoms with van der Waals surface area (Å²) in [7, 11) is 0. The maximum Gasteiger partial charge on any atom is 0.310 e. The minimum absolute atomic E-state index is 0.0732. The Hall–Kier alpha value is -2.29. The number of hydrogen-bond acceptors (Lipinski definition) is 6. The molecule has 1 N–H and O–H groups in total. The fraction of sp³-hybridized carbons (Fsp3) is 0.536. The van der Waals surface area contributed by atoms with Crippen LogP contribution in [0.5, 0.6) is 0 Å². The van der Waals surface area contributed by atoms with Crippen molar-refractivity contribution in [3.8, 4) is 0 Å². The van der Waals surface area contributed by atoms with Gasteiger partial charge in [-0.1, -0.05) is 30.7 Å². The average Bonchev–Trinajstić information content (AvgIpc) is 3.54. The van der Waals surface area contributed by atoms with Gasteiger partial charge in [-0.3, -0.25) is 14.4 Å². The summed E-state index contributed by atoms with van der Waals surface area (Å²) in [5.74, 6) is -2.11. The number of aliphatic hydroxyl groups excluding tert-OH is 1. The first-order valence-corrected chi connectivity index (χ1v) is 14.2. The van der Waals surface area contributed by atoms with E-state index >= 15 is 0 Å². The first kappa shape index (κ1) is 27.7. The largest absolute Gasteiger partial charge is 0.465 e. The number of allylic oxidation sites excluding steroid dienone is 1. The molecule has 3 fully saturated rings. The second-order valence-corrected chi connectivity index (χ2v) is 11.9. The molecular weight excluding hydrogens is 512 g/mol. The van der Waals surface area contributed by atoms with E-state index < -0.39 is 28.7 Å². The van der Waals surface area contributed by atoms with E-state index in [-0.39, 0.29) is 42.8 Å². The van der Waals surface area contributed by atoms with Crippen molar-refractivity contribution in [1.82, 2.24) is 4.90 Å². The van der Waals surface area contributed by atoms with Gasteiger partial charge < -0.3 is 19.6 Å². The summed E-state index contributed by atoms with van der Waals surface area (Å²) in [5, 5.41) is 10.7. The smallest absolute Gasteiger partial charge is 0.310 e. The number of likely N-dealkylation sites (tertiary alicyclic amines) is 1. The van der Waals surface area contributed by atoms with Crippen LogP contribution in [0.15, 0.2) is 49.6 Å². The molecule has 6 atom stereocenters. The summed E-state index contributed by atoms with van der Waals surface area (Å²) in [6.07, 6.45) is 6.71. The molecule has 3 aliphatic rings. The van der Waals surface area contributed by atoms with E-state index in [1.54, 1.807) is 58.0 Å². The summed E-state index contributed by atoms with van der Waals surface area (Å²) in [6, 6.07) is 5.64. The highest BCUT2D eigenvalue weighted by atomic mass is 35.5. The van der Waals surface area contributed by atoms with E-state index in [9.17, 15) is 19.5 Å². The van der Waals surface area contributed by atoms with Crippen LogP contribution in [0.1, 0.15) is 39.0 Å². The molecule has 3 aliphatic heterocycles. The third-order valence-corrected chi connectivity index (χ3v) is 10.0. The molecule has 2 amide bonds. The highest BCUT2D eigenvalue weighted by Gasteiger charge is 2.74. The van der Waals surface area contributed by atoms with Gasteiger partial charge in [-0.25, -0.2) is 0 Å². The number of amides is 2. The molecule has 1 spiro atoms. The van der Waals surface area contributed by atoms with Crippen LogP contribution >= 0.6 is 23.4 Å². The minimum Gasteiger partial charge on any atom is -0.465 e. The zero-order valence-electron chi connectivity index (χ0n) is 21.2. The summed E-state index contributed by atoms with van der Waals surface area (Å²) in [5.41, 5.74) is 0.648. The van der Waals surface area contributed by atoms with Crippen molar-refractivity contribution in [1.29, 1.82) is 0 Å². The van der Waals surface area contributed by atoms with Crippen LogP contribution in [0.3, 0.4) is 0 Å². The fourth-order valence-electron chi connectivity index (χ4n) is 6.16. The number of carbonyl (C=O) groups is 3. The molecule has 3 heterocycles. The third kappa shape index (κ3) is 4.84. The number of thioether (sulfide) groups is 1. The average molecular weight is 547 g/mol. The lowest BCUT2D eigenvalue weighted by molar-refractivity contribution is -0.154. The Balaban J connectivity index is 1.72. The molecule has 0 saturated carbocycles. The molecule has 37 heavy (non-hydrogen) atoms. The summed E-state index contributed by atoms with van der Waals surface area (Å²) in [6.45, 7) is 9.67. The van der Waals surface area contributed by atoms with Crippen molar-refractivity contribution in [2.75, 3.05) is 24.7 Å². The molecule has 9 heteroatoms. The highest BCUT2D eigenvalue weighted by Crippen LogP contribution is 2.67. The van der Waals surface area contributed by atoms with Gasteiger partial charge in [0.2, 0.25) is 5.91 Å². The Labute approximate surface area is 227 Å². The number of anilines is 1. The van der Waals surface area contributed by atoms with Crippen molar-refractivity contribution in [3.05, 3.63) is 54.6 Å². The van der Waals surface area contributed by atoms with Crippen molar-refractivity contribution in [2.45, 2.75) is 61.1 Å². The molecule has 0 radical (unpaired) electrons. The molecule has 0 aliphatic carbocycles. The van der Waals surface area contributed by atoms with Crippen molar-refractivity contribution in [3.63, 3.8) is 0 Å².